The molecule has 1 saturated heterocycles. The molecule has 1 saturated carbocycles. The Kier molecular flexibility index (Phi) is 6.42. The van der Waals surface area contributed by atoms with E-state index in [0.29, 0.717) is 23.7 Å². The molecule has 0 spiro atoms. The van der Waals surface area contributed by atoms with Crippen LogP contribution < -0.4 is 10.9 Å². The minimum Gasteiger partial charge on any atom is -0.506 e. The number of benzene rings is 1. The summed E-state index contributed by atoms with van der Waals surface area (Å²) in [5, 5.41) is 24.5. The minimum absolute atomic E-state index is 0.391. The molecule has 2 fully saturated rings. The van der Waals surface area contributed by atoms with Crippen LogP contribution in [0.2, 0.25) is 0 Å². The van der Waals surface area contributed by atoms with Crippen molar-refractivity contribution in [2.45, 2.75) is 51.6 Å². The van der Waals surface area contributed by atoms with Crippen LogP contribution in [-0.4, -0.2) is 56.3 Å². The number of carboxylic acids is 1. The predicted octanol–water partition coefficient (Wildman–Crippen LogP) is 3.46. The monoisotopic (exact) mass is 478 g/mol. The molecular weight excluding hydrogens is 444 g/mol. The molecule has 186 valence electrons. The smallest absolute Gasteiger partial charge is 0.345 e. The van der Waals surface area contributed by atoms with Crippen molar-refractivity contribution in [1.29, 1.82) is 0 Å². The van der Waals surface area contributed by atoms with Crippen molar-refractivity contribution in [3.63, 3.8) is 0 Å². The van der Waals surface area contributed by atoms with Crippen molar-refractivity contribution in [3.8, 4) is 17.0 Å². The quantitative estimate of drug-likeness (QED) is 0.395. The number of aromatic amines is 1. The van der Waals surface area contributed by atoms with E-state index in [1.807, 2.05) is 25.1 Å². The Morgan fingerprint density at radius 2 is 2.03 bits per heavy atom. The van der Waals surface area contributed by atoms with E-state index in [1.54, 1.807) is 0 Å². The van der Waals surface area contributed by atoms with Gasteiger partial charge in [-0.25, -0.2) is 4.79 Å². The maximum atomic E-state index is 12.4. The van der Waals surface area contributed by atoms with Gasteiger partial charge in [-0.05, 0) is 68.3 Å². The summed E-state index contributed by atoms with van der Waals surface area (Å²) >= 11 is 0. The molecule has 4 N–H and O–H groups in total. The van der Waals surface area contributed by atoms with Crippen LogP contribution in [0.25, 0.3) is 22.2 Å². The Hall–Kier alpha value is -3.10. The molecule has 1 aliphatic carbocycles. The van der Waals surface area contributed by atoms with Gasteiger partial charge in [0.15, 0.2) is 5.56 Å². The molecule has 0 amide bonds. The Labute approximate surface area is 204 Å². The second-order valence-electron chi connectivity index (χ2n) is 10.0. The number of nitrogens with zero attached hydrogens (tertiary/aromatic N) is 2. The molecule has 8 nitrogen and oxygen atoms in total. The van der Waals surface area contributed by atoms with E-state index in [9.17, 15) is 19.8 Å². The Morgan fingerprint density at radius 1 is 1.23 bits per heavy atom. The molecule has 1 aromatic carbocycles. The lowest BCUT2D eigenvalue weighted by molar-refractivity contribution is 0.0691. The Morgan fingerprint density at radius 3 is 2.69 bits per heavy atom. The van der Waals surface area contributed by atoms with Gasteiger partial charge in [0, 0.05) is 54.9 Å². The van der Waals surface area contributed by atoms with E-state index < -0.39 is 22.8 Å². The van der Waals surface area contributed by atoms with Gasteiger partial charge in [-0.2, -0.15) is 0 Å². The van der Waals surface area contributed by atoms with Gasteiger partial charge in [0.25, 0.3) is 5.56 Å². The first-order chi connectivity index (χ1) is 16.9. The van der Waals surface area contributed by atoms with Crippen LogP contribution >= 0.6 is 0 Å². The van der Waals surface area contributed by atoms with Crippen molar-refractivity contribution < 1.29 is 15.0 Å². The van der Waals surface area contributed by atoms with E-state index in [2.05, 4.69) is 32.9 Å². The highest BCUT2D eigenvalue weighted by atomic mass is 16.4. The van der Waals surface area contributed by atoms with Crippen LogP contribution in [0.15, 0.2) is 29.1 Å². The summed E-state index contributed by atoms with van der Waals surface area (Å²) in [5.41, 5.74) is 2.59. The number of piperidine rings is 1. The molecule has 1 unspecified atom stereocenters. The molecule has 3 aromatic rings. The number of H-pyrrole nitrogens is 1. The standard InChI is InChI=1S/C27H34N4O4/c1-3-21-24(29-26(33)23(25(21)32)27(34)35)17-8-9-22-18(11-17)12-20(30(22)2)15-31(14-16-6-7-16)19-5-4-10-28-13-19/h8-9,11-12,16,19,28H,3-7,10,13-15H2,1-2H3,(H,34,35)(H2,29,32,33). The summed E-state index contributed by atoms with van der Waals surface area (Å²) in [7, 11) is 2.10. The van der Waals surface area contributed by atoms with E-state index in [1.165, 1.54) is 31.4 Å². The number of aromatic nitrogens is 2. The van der Waals surface area contributed by atoms with Gasteiger partial charge in [-0.3, -0.25) is 9.69 Å². The summed E-state index contributed by atoms with van der Waals surface area (Å²) in [6, 6.07) is 8.73. The molecule has 1 atom stereocenters. The van der Waals surface area contributed by atoms with Gasteiger partial charge in [-0.15, -0.1) is 0 Å². The van der Waals surface area contributed by atoms with E-state index >= 15 is 0 Å². The fraction of sp³-hybridized carbons (Fsp3) is 0.481. The van der Waals surface area contributed by atoms with Crippen LogP contribution in [0.4, 0.5) is 0 Å². The topological polar surface area (TPSA) is 111 Å². The zero-order chi connectivity index (χ0) is 24.7. The van der Waals surface area contributed by atoms with E-state index in [0.717, 1.165) is 48.6 Å². The first-order valence-electron chi connectivity index (χ1n) is 12.6. The van der Waals surface area contributed by atoms with Gasteiger partial charge in [0.05, 0.1) is 5.69 Å². The SMILES string of the molecule is CCc1c(-c2ccc3c(c2)cc(CN(CC2CC2)C2CCCNC2)n3C)[nH]c(=O)c(C(=O)O)c1O. The molecular formula is C27H34N4O4. The number of aryl methyl sites for hydroxylation is 1. The van der Waals surface area contributed by atoms with Crippen molar-refractivity contribution >= 4 is 16.9 Å². The fourth-order valence-electron chi connectivity index (χ4n) is 5.46. The average molecular weight is 479 g/mol. The van der Waals surface area contributed by atoms with Gasteiger partial charge in [0.1, 0.15) is 5.75 Å². The highest BCUT2D eigenvalue weighted by Crippen LogP contribution is 2.34. The molecule has 0 radical (unpaired) electrons. The number of hydrogen-bond donors (Lipinski definition) is 4. The molecule has 1 aliphatic heterocycles. The van der Waals surface area contributed by atoms with Crippen molar-refractivity contribution in [3.05, 3.63) is 51.4 Å². The minimum atomic E-state index is -1.43. The number of fused-ring (bicyclic) bond motifs is 1. The first-order valence-corrected chi connectivity index (χ1v) is 12.6. The van der Waals surface area contributed by atoms with Crippen molar-refractivity contribution in [2.24, 2.45) is 13.0 Å². The predicted molar refractivity (Wildman–Crippen MR) is 136 cm³/mol. The van der Waals surface area contributed by atoms with E-state index in [4.69, 9.17) is 0 Å². The van der Waals surface area contributed by atoms with Gasteiger partial charge in [-0.1, -0.05) is 13.0 Å². The van der Waals surface area contributed by atoms with Gasteiger partial charge >= 0.3 is 5.97 Å². The lowest BCUT2D eigenvalue weighted by atomic mass is 9.99. The summed E-state index contributed by atoms with van der Waals surface area (Å²) in [6.07, 6.45) is 5.51. The summed E-state index contributed by atoms with van der Waals surface area (Å²) in [6.45, 7) is 6.03. The number of nitrogens with one attached hydrogen (secondary N) is 2. The van der Waals surface area contributed by atoms with Crippen LogP contribution in [0.1, 0.15) is 54.2 Å². The zero-order valence-corrected chi connectivity index (χ0v) is 20.4. The largest absolute Gasteiger partial charge is 0.506 e. The molecule has 2 aliphatic rings. The van der Waals surface area contributed by atoms with Gasteiger partial charge in [0.2, 0.25) is 0 Å². The van der Waals surface area contributed by atoms with Crippen molar-refractivity contribution in [2.75, 3.05) is 19.6 Å². The Balaban J connectivity index is 1.50. The lowest BCUT2D eigenvalue weighted by Gasteiger charge is -2.35. The first kappa shape index (κ1) is 23.6. The third-order valence-corrected chi connectivity index (χ3v) is 7.63. The fourth-order valence-corrected chi connectivity index (χ4v) is 5.46. The second kappa shape index (κ2) is 9.51. The second-order valence-corrected chi connectivity index (χ2v) is 10.0. The van der Waals surface area contributed by atoms with Gasteiger partial charge < -0.3 is 25.1 Å². The highest BCUT2D eigenvalue weighted by Gasteiger charge is 2.29. The molecule has 35 heavy (non-hydrogen) atoms. The molecule has 5 rings (SSSR count). The summed E-state index contributed by atoms with van der Waals surface area (Å²) in [5.74, 6) is -1.06. The van der Waals surface area contributed by atoms with Crippen LogP contribution in [-0.2, 0) is 20.0 Å². The zero-order valence-electron chi connectivity index (χ0n) is 20.4. The molecule has 8 heteroatoms. The Bertz CT molecular complexity index is 1310. The van der Waals surface area contributed by atoms with Crippen LogP contribution in [0.3, 0.4) is 0 Å². The number of hydrogen-bond acceptors (Lipinski definition) is 5. The number of pyridine rings is 1. The normalized spacial score (nSPS) is 18.4. The number of carboxylic acid groups (broad SMARTS) is 1. The van der Waals surface area contributed by atoms with E-state index in [-0.39, 0.29) is 0 Å². The maximum Gasteiger partial charge on any atom is 0.345 e. The average Bonchev–Trinajstić information content (AvgIpc) is 3.61. The number of rotatable bonds is 8. The van der Waals surface area contributed by atoms with Crippen LogP contribution in [0.5, 0.6) is 5.75 Å². The van der Waals surface area contributed by atoms with Crippen molar-refractivity contribution in [1.82, 2.24) is 19.8 Å². The number of carbonyl (C=O) groups is 1. The maximum absolute atomic E-state index is 12.4. The number of aromatic hydroxyl groups is 1. The van der Waals surface area contributed by atoms with Crippen LogP contribution in [0, 0.1) is 5.92 Å². The summed E-state index contributed by atoms with van der Waals surface area (Å²) in [4.78, 5) is 29.2. The molecule has 3 heterocycles. The summed E-state index contributed by atoms with van der Waals surface area (Å²) < 4.78 is 2.24. The third-order valence-electron chi connectivity index (χ3n) is 7.63. The number of aromatic carboxylic acids is 1. The molecule has 2 aromatic heterocycles. The highest BCUT2D eigenvalue weighted by molar-refractivity contribution is 5.92. The lowest BCUT2D eigenvalue weighted by Crippen LogP contribution is -2.46. The molecule has 0 bridgehead atoms. The third kappa shape index (κ3) is 4.60.